The van der Waals surface area contributed by atoms with Gasteiger partial charge < -0.3 is 5.32 Å². The molecule has 0 aliphatic rings. The monoisotopic (exact) mass is 440 g/mol. The number of hydrogen-bond donors (Lipinski definition) is 1. The van der Waals surface area contributed by atoms with Crippen molar-refractivity contribution in [2.75, 3.05) is 5.32 Å². The van der Waals surface area contributed by atoms with Crippen molar-refractivity contribution in [2.45, 2.75) is 13.5 Å². The molecular weight excluding hydrogens is 422 g/mol. The standard InChI is InChI=1S/C25H18F2N6/c1-15-11-17(6-9-28-15)24-19(26)12-16(13-31-24)14-32-25-23(27)18(7-10-30-25)20-4-5-21-22(33-20)3-2-8-29-21/h2-13H,14H2,1H3,(H,30,32). The molecule has 0 aromatic carbocycles. The van der Waals surface area contributed by atoms with Crippen LogP contribution in [0.4, 0.5) is 14.6 Å². The zero-order valence-electron chi connectivity index (χ0n) is 17.6. The summed E-state index contributed by atoms with van der Waals surface area (Å²) in [4.78, 5) is 21.2. The first-order chi connectivity index (χ1) is 16.1. The van der Waals surface area contributed by atoms with Crippen LogP contribution < -0.4 is 5.32 Å². The zero-order valence-corrected chi connectivity index (χ0v) is 17.6. The summed E-state index contributed by atoms with van der Waals surface area (Å²) >= 11 is 0. The summed E-state index contributed by atoms with van der Waals surface area (Å²) in [5.74, 6) is -0.948. The second-order valence-electron chi connectivity index (χ2n) is 7.47. The molecule has 0 aliphatic heterocycles. The molecule has 0 aliphatic carbocycles. The second kappa shape index (κ2) is 8.66. The Hall–Kier alpha value is -4.33. The van der Waals surface area contributed by atoms with Gasteiger partial charge in [-0.1, -0.05) is 0 Å². The topological polar surface area (TPSA) is 76.5 Å². The van der Waals surface area contributed by atoms with Gasteiger partial charge in [0.25, 0.3) is 0 Å². The highest BCUT2D eigenvalue weighted by Crippen LogP contribution is 2.27. The minimum Gasteiger partial charge on any atom is -0.363 e. The number of anilines is 1. The van der Waals surface area contributed by atoms with E-state index in [2.05, 4.69) is 30.2 Å². The minimum absolute atomic E-state index is 0.0508. The molecule has 0 radical (unpaired) electrons. The van der Waals surface area contributed by atoms with E-state index < -0.39 is 11.6 Å². The van der Waals surface area contributed by atoms with Gasteiger partial charge in [0.05, 0.1) is 16.7 Å². The van der Waals surface area contributed by atoms with Crippen LogP contribution in [0.15, 0.2) is 73.3 Å². The fourth-order valence-corrected chi connectivity index (χ4v) is 3.54. The lowest BCUT2D eigenvalue weighted by molar-refractivity contribution is 0.622. The Labute approximate surface area is 188 Å². The molecule has 5 aromatic rings. The first-order valence-electron chi connectivity index (χ1n) is 10.3. The number of pyridine rings is 5. The quantitative estimate of drug-likeness (QED) is 0.397. The van der Waals surface area contributed by atoms with Crippen LogP contribution in [0.3, 0.4) is 0 Å². The maximum atomic E-state index is 15.2. The number of fused-ring (bicyclic) bond motifs is 1. The smallest absolute Gasteiger partial charge is 0.174 e. The van der Waals surface area contributed by atoms with Crippen molar-refractivity contribution < 1.29 is 8.78 Å². The third-order valence-corrected chi connectivity index (χ3v) is 5.15. The van der Waals surface area contributed by atoms with Crippen LogP contribution in [0.5, 0.6) is 0 Å². The van der Waals surface area contributed by atoms with E-state index in [0.29, 0.717) is 27.9 Å². The van der Waals surface area contributed by atoms with E-state index in [4.69, 9.17) is 0 Å². The summed E-state index contributed by atoms with van der Waals surface area (Å²) in [7, 11) is 0. The van der Waals surface area contributed by atoms with Gasteiger partial charge in [0.1, 0.15) is 11.5 Å². The molecule has 1 N–H and O–H groups in total. The molecule has 0 spiro atoms. The number of rotatable bonds is 5. The first-order valence-corrected chi connectivity index (χ1v) is 10.3. The van der Waals surface area contributed by atoms with Crippen molar-refractivity contribution in [1.82, 2.24) is 24.9 Å². The molecule has 8 heteroatoms. The van der Waals surface area contributed by atoms with Gasteiger partial charge in [0, 0.05) is 48.2 Å². The Morgan fingerprint density at radius 2 is 1.73 bits per heavy atom. The Morgan fingerprint density at radius 1 is 0.848 bits per heavy atom. The molecule has 0 saturated carbocycles. The predicted octanol–water partition coefficient (Wildman–Crippen LogP) is 5.35. The van der Waals surface area contributed by atoms with Gasteiger partial charge in [0.2, 0.25) is 0 Å². The molecule has 6 nitrogen and oxygen atoms in total. The highest BCUT2D eigenvalue weighted by molar-refractivity contribution is 5.78. The molecule has 0 unspecified atom stereocenters. The maximum absolute atomic E-state index is 15.2. The molecule has 5 aromatic heterocycles. The van der Waals surface area contributed by atoms with Crippen LogP contribution in [0.25, 0.3) is 33.5 Å². The van der Waals surface area contributed by atoms with Crippen molar-refractivity contribution in [3.63, 3.8) is 0 Å². The van der Waals surface area contributed by atoms with Crippen LogP contribution in [0.2, 0.25) is 0 Å². The van der Waals surface area contributed by atoms with Crippen LogP contribution in [0, 0.1) is 18.6 Å². The van der Waals surface area contributed by atoms with Crippen LogP contribution in [0.1, 0.15) is 11.3 Å². The fourth-order valence-electron chi connectivity index (χ4n) is 3.54. The Bertz CT molecular complexity index is 1470. The van der Waals surface area contributed by atoms with Crippen molar-refractivity contribution in [3.05, 3.63) is 96.2 Å². The lowest BCUT2D eigenvalue weighted by Gasteiger charge is -2.11. The van der Waals surface area contributed by atoms with Crippen LogP contribution in [-0.4, -0.2) is 24.9 Å². The highest BCUT2D eigenvalue weighted by Gasteiger charge is 2.14. The predicted molar refractivity (Wildman–Crippen MR) is 122 cm³/mol. The first kappa shape index (κ1) is 20.6. The number of aryl methyl sites for hydroxylation is 1. The van der Waals surface area contributed by atoms with Gasteiger partial charge in [-0.05, 0) is 61.0 Å². The number of nitrogens with one attached hydrogen (secondary N) is 1. The van der Waals surface area contributed by atoms with Gasteiger partial charge in [-0.2, -0.15) is 0 Å². The largest absolute Gasteiger partial charge is 0.363 e. The Kier molecular flexibility index (Phi) is 5.40. The van der Waals surface area contributed by atoms with Gasteiger partial charge in [-0.25, -0.2) is 18.7 Å². The summed E-state index contributed by atoms with van der Waals surface area (Å²) in [5, 5.41) is 2.93. The average molecular weight is 440 g/mol. The number of hydrogen-bond acceptors (Lipinski definition) is 6. The van der Waals surface area contributed by atoms with Gasteiger partial charge in [-0.15, -0.1) is 0 Å². The number of aromatic nitrogens is 5. The SMILES string of the molecule is Cc1cc(-c2ncc(CNc3nccc(-c4ccc5ncccc5n4)c3F)cc2F)ccn1. The van der Waals surface area contributed by atoms with E-state index in [0.717, 1.165) is 11.2 Å². The lowest BCUT2D eigenvalue weighted by atomic mass is 10.1. The highest BCUT2D eigenvalue weighted by atomic mass is 19.1. The normalized spacial score (nSPS) is 11.0. The van der Waals surface area contributed by atoms with Crippen molar-refractivity contribution in [1.29, 1.82) is 0 Å². The summed E-state index contributed by atoms with van der Waals surface area (Å²) in [5.41, 5.74) is 4.42. The Morgan fingerprint density at radius 3 is 2.58 bits per heavy atom. The van der Waals surface area contributed by atoms with E-state index >= 15 is 4.39 Å². The van der Waals surface area contributed by atoms with E-state index in [9.17, 15) is 4.39 Å². The Balaban J connectivity index is 1.37. The van der Waals surface area contributed by atoms with E-state index in [1.54, 1.807) is 55.0 Å². The molecular formula is C25H18F2N6. The average Bonchev–Trinajstić information content (AvgIpc) is 2.83. The van der Waals surface area contributed by atoms with Crippen molar-refractivity contribution in [3.8, 4) is 22.5 Å². The third kappa shape index (κ3) is 4.23. The summed E-state index contributed by atoms with van der Waals surface area (Å²) < 4.78 is 29.9. The lowest BCUT2D eigenvalue weighted by Crippen LogP contribution is -2.06. The van der Waals surface area contributed by atoms with Crippen molar-refractivity contribution in [2.24, 2.45) is 0 Å². The fraction of sp³-hybridized carbons (Fsp3) is 0.0800. The number of nitrogens with zero attached hydrogens (tertiary/aromatic N) is 5. The molecule has 0 fully saturated rings. The van der Waals surface area contributed by atoms with E-state index in [1.807, 2.05) is 13.0 Å². The maximum Gasteiger partial charge on any atom is 0.174 e. The molecule has 0 saturated heterocycles. The summed E-state index contributed by atoms with van der Waals surface area (Å²) in [6.07, 6.45) is 6.36. The minimum atomic E-state index is -0.537. The van der Waals surface area contributed by atoms with E-state index in [1.165, 1.54) is 12.3 Å². The summed E-state index contributed by atoms with van der Waals surface area (Å²) in [6, 6.07) is 13.5. The molecule has 5 rings (SSSR count). The van der Waals surface area contributed by atoms with Gasteiger partial charge in [0.15, 0.2) is 11.6 Å². The molecule has 0 atom stereocenters. The molecule has 33 heavy (non-hydrogen) atoms. The second-order valence-corrected chi connectivity index (χ2v) is 7.47. The molecule has 0 bridgehead atoms. The van der Waals surface area contributed by atoms with Gasteiger partial charge in [-0.3, -0.25) is 15.0 Å². The number of halogens is 2. The van der Waals surface area contributed by atoms with Crippen molar-refractivity contribution >= 4 is 16.9 Å². The molecule has 162 valence electrons. The van der Waals surface area contributed by atoms with Crippen LogP contribution in [-0.2, 0) is 6.54 Å². The van der Waals surface area contributed by atoms with E-state index in [-0.39, 0.29) is 18.1 Å². The summed E-state index contributed by atoms with van der Waals surface area (Å²) in [6.45, 7) is 1.99. The van der Waals surface area contributed by atoms with Crippen LogP contribution >= 0.6 is 0 Å². The molecule has 5 heterocycles. The molecule has 0 amide bonds. The third-order valence-electron chi connectivity index (χ3n) is 5.15. The zero-order chi connectivity index (χ0) is 22.8. The van der Waals surface area contributed by atoms with Gasteiger partial charge >= 0.3 is 0 Å².